The molecule has 0 bridgehead atoms. The van der Waals surface area contributed by atoms with E-state index >= 15 is 0 Å². The molecule has 2 heterocycles. The minimum absolute atomic E-state index is 0.0272. The van der Waals surface area contributed by atoms with Gasteiger partial charge in [0, 0.05) is 30.0 Å². The monoisotopic (exact) mass is 405 g/mol. The maximum absolute atomic E-state index is 12.9. The number of rotatable bonds is 5. The molecule has 1 N–H and O–H groups in total. The van der Waals surface area contributed by atoms with Gasteiger partial charge in [0.2, 0.25) is 5.91 Å². The van der Waals surface area contributed by atoms with Gasteiger partial charge in [-0.1, -0.05) is 23.7 Å². The van der Waals surface area contributed by atoms with E-state index in [0.717, 1.165) is 43.7 Å². The summed E-state index contributed by atoms with van der Waals surface area (Å²) in [6.45, 7) is 6.79. The third kappa shape index (κ3) is 4.19. The number of hydrogen-bond acceptors (Lipinski definition) is 5. The van der Waals surface area contributed by atoms with Gasteiger partial charge in [-0.05, 0) is 44.4 Å². The molecule has 1 aliphatic carbocycles. The summed E-state index contributed by atoms with van der Waals surface area (Å²) in [7, 11) is 0. The van der Waals surface area contributed by atoms with E-state index < -0.39 is 5.41 Å². The lowest BCUT2D eigenvalue weighted by atomic mass is 9.95. The number of nitrogens with one attached hydrogen (secondary N) is 1. The number of nitrogens with zero attached hydrogens (tertiary/aromatic N) is 2. The molecule has 1 saturated heterocycles. The summed E-state index contributed by atoms with van der Waals surface area (Å²) in [6.07, 6.45) is 2.20. The fourth-order valence-corrected chi connectivity index (χ4v) is 4.66. The van der Waals surface area contributed by atoms with Gasteiger partial charge in [-0.3, -0.25) is 9.69 Å². The zero-order valence-electron chi connectivity index (χ0n) is 15.6. The first-order valence-corrected chi connectivity index (χ1v) is 10.6. The van der Waals surface area contributed by atoms with E-state index in [1.54, 1.807) is 0 Å². The number of anilines is 1. The van der Waals surface area contributed by atoms with E-state index in [-0.39, 0.29) is 18.1 Å². The van der Waals surface area contributed by atoms with Gasteiger partial charge < -0.3 is 10.1 Å². The second-order valence-corrected chi connectivity index (χ2v) is 8.93. The highest BCUT2D eigenvalue weighted by Gasteiger charge is 2.51. The Morgan fingerprint density at radius 2 is 1.96 bits per heavy atom. The lowest BCUT2D eigenvalue weighted by molar-refractivity contribution is -0.118. The Bertz CT molecular complexity index is 809. The number of morpholine rings is 1. The molecular weight excluding hydrogens is 382 g/mol. The average molecular weight is 406 g/mol. The van der Waals surface area contributed by atoms with Crippen LogP contribution >= 0.6 is 22.9 Å². The summed E-state index contributed by atoms with van der Waals surface area (Å²) in [4.78, 5) is 19.8. The van der Waals surface area contributed by atoms with Gasteiger partial charge >= 0.3 is 0 Å². The summed E-state index contributed by atoms with van der Waals surface area (Å²) in [5, 5.41) is 6.41. The molecule has 0 spiro atoms. The van der Waals surface area contributed by atoms with Crippen LogP contribution in [-0.2, 0) is 21.5 Å². The molecule has 1 aromatic carbocycles. The van der Waals surface area contributed by atoms with Crippen LogP contribution in [0, 0.1) is 0 Å². The van der Waals surface area contributed by atoms with Crippen molar-refractivity contribution in [2.75, 3.05) is 18.4 Å². The van der Waals surface area contributed by atoms with Crippen LogP contribution in [0.3, 0.4) is 0 Å². The molecule has 4 rings (SSSR count). The average Bonchev–Trinajstić information content (AvgIpc) is 3.31. The number of hydrogen-bond donors (Lipinski definition) is 1. The molecule has 2 fully saturated rings. The topological polar surface area (TPSA) is 54.5 Å². The Hall–Kier alpha value is -1.47. The van der Waals surface area contributed by atoms with Crippen LogP contribution in [0.4, 0.5) is 5.13 Å². The van der Waals surface area contributed by atoms with Crippen molar-refractivity contribution in [3.05, 3.63) is 45.9 Å². The van der Waals surface area contributed by atoms with Crippen LogP contribution < -0.4 is 5.32 Å². The standard InChI is InChI=1S/C20H24ClN3O2S/c1-13-9-24(10-14(2)26-13)11-17-12-27-19(22-17)23-18(25)20(7-8-20)15-3-5-16(21)6-4-15/h3-6,12-14H,7-11H2,1-2H3,(H,22,23,25)/t13-,14-/m1/s1. The number of thiazole rings is 1. The molecule has 27 heavy (non-hydrogen) atoms. The van der Waals surface area contributed by atoms with Gasteiger partial charge in [-0.2, -0.15) is 0 Å². The van der Waals surface area contributed by atoms with Crippen molar-refractivity contribution in [3.63, 3.8) is 0 Å². The fourth-order valence-electron chi connectivity index (χ4n) is 3.84. The molecule has 0 unspecified atom stereocenters. The zero-order chi connectivity index (χ0) is 19.0. The summed E-state index contributed by atoms with van der Waals surface area (Å²) >= 11 is 7.46. The molecule has 1 aliphatic heterocycles. The number of halogens is 1. The first kappa shape index (κ1) is 18.9. The minimum atomic E-state index is -0.425. The molecule has 1 amide bonds. The summed E-state index contributed by atoms with van der Waals surface area (Å²) in [5.41, 5.74) is 1.59. The summed E-state index contributed by atoms with van der Waals surface area (Å²) in [6, 6.07) is 7.58. The van der Waals surface area contributed by atoms with Crippen LogP contribution in [0.5, 0.6) is 0 Å². The van der Waals surface area contributed by atoms with Crippen molar-refractivity contribution in [1.29, 1.82) is 0 Å². The highest BCUT2D eigenvalue weighted by molar-refractivity contribution is 7.13. The number of benzene rings is 1. The highest BCUT2D eigenvalue weighted by atomic mass is 35.5. The molecular formula is C20H24ClN3O2S. The van der Waals surface area contributed by atoms with Crippen LogP contribution in [0.25, 0.3) is 0 Å². The van der Waals surface area contributed by atoms with Crippen molar-refractivity contribution in [3.8, 4) is 0 Å². The van der Waals surface area contributed by atoms with Gasteiger partial charge in [0.15, 0.2) is 5.13 Å². The van der Waals surface area contributed by atoms with Crippen LogP contribution in [-0.4, -0.2) is 41.1 Å². The molecule has 2 atom stereocenters. The van der Waals surface area contributed by atoms with E-state index in [0.29, 0.717) is 10.2 Å². The Morgan fingerprint density at radius 1 is 1.30 bits per heavy atom. The Kier molecular flexibility index (Phi) is 5.25. The number of amides is 1. The fraction of sp³-hybridized carbons (Fsp3) is 0.500. The molecule has 1 saturated carbocycles. The Labute approximate surface area is 168 Å². The zero-order valence-corrected chi connectivity index (χ0v) is 17.1. The molecule has 1 aromatic heterocycles. The van der Waals surface area contributed by atoms with E-state index in [1.165, 1.54) is 11.3 Å². The van der Waals surface area contributed by atoms with E-state index in [9.17, 15) is 4.79 Å². The Morgan fingerprint density at radius 3 is 2.59 bits per heavy atom. The predicted octanol–water partition coefficient (Wildman–Crippen LogP) is 4.08. The minimum Gasteiger partial charge on any atom is -0.373 e. The number of aromatic nitrogens is 1. The quantitative estimate of drug-likeness (QED) is 0.814. The van der Waals surface area contributed by atoms with Crippen molar-refractivity contribution in [1.82, 2.24) is 9.88 Å². The van der Waals surface area contributed by atoms with Crippen molar-refractivity contribution < 1.29 is 9.53 Å². The molecule has 2 aromatic rings. The smallest absolute Gasteiger partial charge is 0.236 e. The van der Waals surface area contributed by atoms with E-state index in [1.807, 2.05) is 29.6 Å². The lowest BCUT2D eigenvalue weighted by Crippen LogP contribution is -2.44. The Balaban J connectivity index is 1.39. The number of carbonyl (C=O) groups is 1. The first-order valence-electron chi connectivity index (χ1n) is 9.34. The maximum atomic E-state index is 12.9. The summed E-state index contributed by atoms with van der Waals surface area (Å²) in [5.74, 6) is 0.0272. The highest BCUT2D eigenvalue weighted by Crippen LogP contribution is 2.49. The lowest BCUT2D eigenvalue weighted by Gasteiger charge is -2.34. The third-order valence-corrected chi connectivity index (χ3v) is 6.29. The molecule has 5 nitrogen and oxygen atoms in total. The second-order valence-electron chi connectivity index (χ2n) is 7.64. The number of ether oxygens (including phenoxy) is 1. The number of carbonyl (C=O) groups excluding carboxylic acids is 1. The van der Waals surface area contributed by atoms with Gasteiger partial charge in [-0.25, -0.2) is 4.98 Å². The van der Waals surface area contributed by atoms with Crippen molar-refractivity contribution >= 4 is 34.0 Å². The van der Waals surface area contributed by atoms with E-state index in [4.69, 9.17) is 16.3 Å². The van der Waals surface area contributed by atoms with Gasteiger partial charge in [0.1, 0.15) is 0 Å². The van der Waals surface area contributed by atoms with Gasteiger partial charge in [-0.15, -0.1) is 11.3 Å². The van der Waals surface area contributed by atoms with Crippen LogP contribution in [0.15, 0.2) is 29.6 Å². The first-order chi connectivity index (χ1) is 12.9. The molecule has 0 radical (unpaired) electrons. The van der Waals surface area contributed by atoms with E-state index in [2.05, 4.69) is 29.0 Å². The van der Waals surface area contributed by atoms with Crippen molar-refractivity contribution in [2.24, 2.45) is 0 Å². The van der Waals surface area contributed by atoms with Crippen LogP contribution in [0.1, 0.15) is 37.9 Å². The predicted molar refractivity (Wildman–Crippen MR) is 108 cm³/mol. The molecule has 2 aliphatic rings. The van der Waals surface area contributed by atoms with Crippen molar-refractivity contribution in [2.45, 2.75) is 50.9 Å². The van der Waals surface area contributed by atoms with Crippen LogP contribution in [0.2, 0.25) is 5.02 Å². The third-order valence-electron chi connectivity index (χ3n) is 5.23. The summed E-state index contributed by atoms with van der Waals surface area (Å²) < 4.78 is 5.78. The molecule has 144 valence electrons. The molecule has 7 heteroatoms. The second kappa shape index (κ2) is 7.51. The largest absolute Gasteiger partial charge is 0.373 e. The SMILES string of the molecule is C[C@@H]1CN(Cc2csc(NC(=O)C3(c4ccc(Cl)cc4)CC3)n2)C[C@@H](C)O1. The normalized spacial score (nSPS) is 24.6. The van der Waals surface area contributed by atoms with Gasteiger partial charge in [0.25, 0.3) is 0 Å². The maximum Gasteiger partial charge on any atom is 0.236 e. The van der Waals surface area contributed by atoms with Gasteiger partial charge in [0.05, 0.1) is 23.3 Å².